The van der Waals surface area contributed by atoms with Crippen molar-refractivity contribution < 1.29 is 13.6 Å². The third kappa shape index (κ3) is 2.69. The largest absolute Gasteiger partial charge is 0.419 e. The Morgan fingerprint density at radius 2 is 1.86 bits per heavy atom. The lowest BCUT2D eigenvalue weighted by Crippen LogP contribution is -2.19. The van der Waals surface area contributed by atoms with E-state index in [1.165, 1.54) is 22.8 Å². The number of carbonyl (C=O) groups excluding carboxylic acids is 1. The molecular formula is C15H12FN3O3. The number of aromatic nitrogens is 1. The molecule has 1 heterocycles. The van der Waals surface area contributed by atoms with E-state index >= 15 is 0 Å². The van der Waals surface area contributed by atoms with Crippen LogP contribution in [0.15, 0.2) is 51.7 Å². The molecule has 0 bridgehead atoms. The number of fused-ring (bicyclic) bond motifs is 1. The fraction of sp³-hybridized carbons (Fsp3) is 0.0667. The average molecular weight is 301 g/mol. The van der Waals surface area contributed by atoms with E-state index < -0.39 is 17.6 Å². The van der Waals surface area contributed by atoms with E-state index in [0.717, 1.165) is 0 Å². The van der Waals surface area contributed by atoms with E-state index in [4.69, 9.17) is 4.42 Å². The second-order valence-corrected chi connectivity index (χ2v) is 4.70. The molecule has 3 aromatic rings. The van der Waals surface area contributed by atoms with Crippen molar-refractivity contribution in [3.05, 3.63) is 58.8 Å². The van der Waals surface area contributed by atoms with Crippen molar-refractivity contribution in [2.45, 2.75) is 0 Å². The minimum absolute atomic E-state index is 0.338. The molecule has 2 amide bonds. The molecule has 0 saturated carbocycles. The monoisotopic (exact) mass is 301 g/mol. The average Bonchev–Trinajstić information content (AvgIpc) is 2.73. The van der Waals surface area contributed by atoms with Crippen molar-refractivity contribution in [3.8, 4) is 0 Å². The highest BCUT2D eigenvalue weighted by Gasteiger charge is 2.08. The smallest absolute Gasteiger partial charge is 0.408 e. The molecule has 0 atom stereocenters. The second-order valence-electron chi connectivity index (χ2n) is 4.70. The summed E-state index contributed by atoms with van der Waals surface area (Å²) in [7, 11) is 1.60. The quantitative estimate of drug-likeness (QED) is 0.764. The van der Waals surface area contributed by atoms with Gasteiger partial charge in [-0.2, -0.15) is 0 Å². The number of aryl methyl sites for hydroxylation is 1. The summed E-state index contributed by atoms with van der Waals surface area (Å²) in [5.74, 6) is -0.915. The molecule has 0 aliphatic carbocycles. The summed E-state index contributed by atoms with van der Waals surface area (Å²) < 4.78 is 19.5. The summed E-state index contributed by atoms with van der Waals surface area (Å²) >= 11 is 0. The highest BCUT2D eigenvalue weighted by molar-refractivity contribution is 6.00. The molecule has 3 rings (SSSR count). The number of hydrogen-bond donors (Lipinski definition) is 2. The Hall–Kier alpha value is -3.09. The minimum Gasteiger partial charge on any atom is -0.408 e. The molecule has 2 N–H and O–H groups in total. The summed E-state index contributed by atoms with van der Waals surface area (Å²) in [5, 5.41) is 5.10. The predicted molar refractivity (Wildman–Crippen MR) is 80.5 cm³/mol. The zero-order valence-electron chi connectivity index (χ0n) is 11.6. The number of rotatable bonds is 2. The summed E-state index contributed by atoms with van der Waals surface area (Å²) in [4.78, 5) is 23.3. The maximum atomic E-state index is 13.0. The summed E-state index contributed by atoms with van der Waals surface area (Å²) in [6, 6.07) is 9.89. The van der Waals surface area contributed by atoms with Crippen LogP contribution in [-0.4, -0.2) is 10.6 Å². The highest BCUT2D eigenvalue weighted by atomic mass is 19.1. The first-order valence-corrected chi connectivity index (χ1v) is 6.46. The van der Waals surface area contributed by atoms with Gasteiger partial charge >= 0.3 is 11.8 Å². The van der Waals surface area contributed by atoms with Crippen molar-refractivity contribution in [2.24, 2.45) is 7.05 Å². The highest BCUT2D eigenvalue weighted by Crippen LogP contribution is 2.18. The zero-order valence-corrected chi connectivity index (χ0v) is 11.6. The van der Waals surface area contributed by atoms with E-state index in [1.807, 2.05) is 0 Å². The normalized spacial score (nSPS) is 10.6. The molecule has 112 valence electrons. The van der Waals surface area contributed by atoms with Gasteiger partial charge in [-0.25, -0.2) is 14.0 Å². The van der Waals surface area contributed by atoms with Crippen LogP contribution in [0.2, 0.25) is 0 Å². The minimum atomic E-state index is -0.525. The van der Waals surface area contributed by atoms with Gasteiger partial charge in [0.05, 0.1) is 5.52 Å². The van der Waals surface area contributed by atoms with Gasteiger partial charge in [-0.1, -0.05) is 6.07 Å². The lowest BCUT2D eigenvalue weighted by Gasteiger charge is -2.07. The molecule has 0 aliphatic heterocycles. The maximum Gasteiger partial charge on any atom is 0.419 e. The molecule has 2 aromatic carbocycles. The molecule has 0 aliphatic rings. The molecule has 0 saturated heterocycles. The first kappa shape index (κ1) is 13.9. The van der Waals surface area contributed by atoms with Gasteiger partial charge in [-0.15, -0.1) is 0 Å². The Bertz CT molecular complexity index is 914. The molecule has 22 heavy (non-hydrogen) atoms. The van der Waals surface area contributed by atoms with Crippen LogP contribution in [0, 0.1) is 5.82 Å². The van der Waals surface area contributed by atoms with Gasteiger partial charge in [-0.3, -0.25) is 4.57 Å². The molecule has 0 fully saturated rings. The van der Waals surface area contributed by atoms with E-state index in [9.17, 15) is 14.0 Å². The Balaban J connectivity index is 1.78. The van der Waals surface area contributed by atoms with Crippen LogP contribution in [-0.2, 0) is 7.05 Å². The molecule has 0 radical (unpaired) electrons. The molecular weight excluding hydrogens is 289 g/mol. The Kier molecular flexibility index (Phi) is 3.38. The third-order valence-electron chi connectivity index (χ3n) is 3.13. The molecule has 1 aromatic heterocycles. The first-order valence-electron chi connectivity index (χ1n) is 6.46. The lowest BCUT2D eigenvalue weighted by atomic mass is 10.3. The van der Waals surface area contributed by atoms with E-state index in [2.05, 4.69) is 10.6 Å². The van der Waals surface area contributed by atoms with Crippen molar-refractivity contribution in [1.82, 2.24) is 4.57 Å². The van der Waals surface area contributed by atoms with E-state index in [0.29, 0.717) is 22.5 Å². The van der Waals surface area contributed by atoms with Gasteiger partial charge in [-0.05, 0) is 30.3 Å². The maximum absolute atomic E-state index is 13.0. The summed E-state index contributed by atoms with van der Waals surface area (Å²) in [6.45, 7) is 0. The third-order valence-corrected chi connectivity index (χ3v) is 3.13. The number of anilines is 2. The fourth-order valence-electron chi connectivity index (χ4n) is 2.07. The topological polar surface area (TPSA) is 76.3 Å². The van der Waals surface area contributed by atoms with Crippen molar-refractivity contribution >= 4 is 28.5 Å². The van der Waals surface area contributed by atoms with Crippen LogP contribution in [0.25, 0.3) is 11.1 Å². The summed E-state index contributed by atoms with van der Waals surface area (Å²) in [6.07, 6.45) is 0. The number of urea groups is 1. The molecule has 7 heteroatoms. The lowest BCUT2D eigenvalue weighted by molar-refractivity contribution is 0.262. The number of hydrogen-bond acceptors (Lipinski definition) is 3. The van der Waals surface area contributed by atoms with Gasteiger partial charge in [0, 0.05) is 24.5 Å². The molecule has 0 unspecified atom stereocenters. The van der Waals surface area contributed by atoms with E-state index in [-0.39, 0.29) is 0 Å². The molecule has 0 spiro atoms. The van der Waals surface area contributed by atoms with Crippen molar-refractivity contribution in [1.29, 1.82) is 0 Å². The first-order chi connectivity index (χ1) is 10.5. The number of carbonyl (C=O) groups is 1. The van der Waals surface area contributed by atoms with Crippen LogP contribution in [0.1, 0.15) is 0 Å². The van der Waals surface area contributed by atoms with Crippen LogP contribution < -0.4 is 16.4 Å². The van der Waals surface area contributed by atoms with Crippen LogP contribution in [0.3, 0.4) is 0 Å². The van der Waals surface area contributed by atoms with E-state index in [1.54, 1.807) is 31.3 Å². The summed E-state index contributed by atoms with van der Waals surface area (Å²) in [5.41, 5.74) is 1.79. The Morgan fingerprint density at radius 3 is 2.59 bits per heavy atom. The SMILES string of the molecule is Cn1c(=O)oc2cc(NC(=O)Nc3cccc(F)c3)ccc21. The van der Waals surface area contributed by atoms with Crippen molar-refractivity contribution in [2.75, 3.05) is 10.6 Å². The standard InChI is InChI=1S/C15H12FN3O3/c1-19-12-6-5-11(8-13(12)22-15(19)21)18-14(20)17-10-4-2-3-9(16)7-10/h2-8H,1H3,(H2,17,18,20). The van der Waals surface area contributed by atoms with Crippen molar-refractivity contribution in [3.63, 3.8) is 0 Å². The number of nitrogens with one attached hydrogen (secondary N) is 2. The van der Waals surface area contributed by atoms with Gasteiger partial charge in [0.15, 0.2) is 5.58 Å². The van der Waals surface area contributed by atoms with Crippen LogP contribution in [0.4, 0.5) is 20.6 Å². The van der Waals surface area contributed by atoms with Gasteiger partial charge < -0.3 is 15.1 Å². The Morgan fingerprint density at radius 1 is 1.14 bits per heavy atom. The van der Waals surface area contributed by atoms with Crippen LogP contribution >= 0.6 is 0 Å². The molecule has 6 nitrogen and oxygen atoms in total. The number of halogens is 1. The predicted octanol–water partition coefficient (Wildman–Crippen LogP) is 2.91. The van der Waals surface area contributed by atoms with Gasteiger partial charge in [0.25, 0.3) is 0 Å². The Labute approximate surface area is 124 Å². The zero-order chi connectivity index (χ0) is 15.7. The van der Waals surface area contributed by atoms with Crippen LogP contribution in [0.5, 0.6) is 0 Å². The van der Waals surface area contributed by atoms with Gasteiger partial charge in [0.1, 0.15) is 5.82 Å². The fourth-order valence-corrected chi connectivity index (χ4v) is 2.07. The number of amides is 2. The number of benzene rings is 2. The van der Waals surface area contributed by atoms with Gasteiger partial charge in [0.2, 0.25) is 0 Å². The number of oxazole rings is 1. The number of nitrogens with zero attached hydrogens (tertiary/aromatic N) is 1. The second kappa shape index (κ2) is 5.36.